The predicted octanol–water partition coefficient (Wildman–Crippen LogP) is 2.47. The fourth-order valence-electron chi connectivity index (χ4n) is 3.18. The first-order valence-corrected chi connectivity index (χ1v) is 7.48. The van der Waals surface area contributed by atoms with Gasteiger partial charge >= 0.3 is 0 Å². The highest BCUT2D eigenvalue weighted by atomic mass is 15.2. The highest BCUT2D eigenvalue weighted by Gasteiger charge is 2.36. The van der Waals surface area contributed by atoms with Crippen molar-refractivity contribution in [3.63, 3.8) is 0 Å². The Balaban J connectivity index is 2.16. The number of nitrogens with two attached hydrogens (primary N) is 1. The molecule has 0 aliphatic heterocycles. The molecule has 1 heterocycles. The Morgan fingerprint density at radius 2 is 1.95 bits per heavy atom. The molecule has 0 aromatic carbocycles. The summed E-state index contributed by atoms with van der Waals surface area (Å²) >= 11 is 0. The number of nitrogens with one attached hydrogen (secondary N) is 1. The molecule has 1 aliphatic carbocycles. The van der Waals surface area contributed by atoms with Gasteiger partial charge in [0.1, 0.15) is 18.0 Å². The lowest BCUT2D eigenvalue weighted by molar-refractivity contribution is 0.172. The summed E-state index contributed by atoms with van der Waals surface area (Å²) in [5.41, 5.74) is 7.27. The maximum Gasteiger partial charge on any atom is 0.135 e. The van der Waals surface area contributed by atoms with Crippen molar-refractivity contribution in [3.8, 4) is 0 Å². The van der Waals surface area contributed by atoms with E-state index in [1.165, 1.54) is 25.7 Å². The summed E-state index contributed by atoms with van der Waals surface area (Å²) in [6.07, 6.45) is 6.64. The van der Waals surface area contributed by atoms with Crippen LogP contribution >= 0.6 is 0 Å². The molecule has 0 amide bonds. The first kappa shape index (κ1) is 15.0. The van der Waals surface area contributed by atoms with Crippen molar-refractivity contribution in [2.45, 2.75) is 51.0 Å². The first-order chi connectivity index (χ1) is 9.46. The molecule has 0 saturated heterocycles. The molecule has 2 rings (SSSR count). The molecule has 1 aliphatic rings. The highest BCUT2D eigenvalue weighted by molar-refractivity contribution is 5.56. The number of nitrogens with zero attached hydrogens (tertiary/aromatic N) is 3. The zero-order valence-electron chi connectivity index (χ0n) is 13.1. The second-order valence-corrected chi connectivity index (χ2v) is 6.36. The molecule has 0 unspecified atom stereocenters. The van der Waals surface area contributed by atoms with E-state index < -0.39 is 0 Å². The Hall–Kier alpha value is -1.36. The van der Waals surface area contributed by atoms with Gasteiger partial charge in [-0.3, -0.25) is 0 Å². The maximum absolute atomic E-state index is 6.00. The Morgan fingerprint density at radius 1 is 1.30 bits per heavy atom. The van der Waals surface area contributed by atoms with Crippen LogP contribution < -0.4 is 11.1 Å². The largest absolute Gasteiger partial charge is 0.383 e. The van der Waals surface area contributed by atoms with Gasteiger partial charge in [-0.05, 0) is 32.9 Å². The van der Waals surface area contributed by atoms with E-state index in [2.05, 4.69) is 48.1 Å². The first-order valence-electron chi connectivity index (χ1n) is 7.48. The summed E-state index contributed by atoms with van der Waals surface area (Å²) in [5.74, 6) is 1.79. The minimum absolute atomic E-state index is 0.244. The van der Waals surface area contributed by atoms with Crippen LogP contribution in [-0.4, -0.2) is 41.0 Å². The van der Waals surface area contributed by atoms with Crippen LogP contribution in [0.15, 0.2) is 6.33 Å². The molecule has 0 spiro atoms. The minimum Gasteiger partial charge on any atom is -0.383 e. The normalized spacial score (nSPS) is 17.9. The van der Waals surface area contributed by atoms with Gasteiger partial charge in [0.25, 0.3) is 0 Å². The van der Waals surface area contributed by atoms with Crippen molar-refractivity contribution in [1.82, 2.24) is 14.9 Å². The predicted molar refractivity (Wildman–Crippen MR) is 83.9 cm³/mol. The van der Waals surface area contributed by atoms with Gasteiger partial charge < -0.3 is 16.0 Å². The Kier molecular flexibility index (Phi) is 4.48. The zero-order chi connectivity index (χ0) is 14.8. The van der Waals surface area contributed by atoms with E-state index in [4.69, 9.17) is 5.73 Å². The monoisotopic (exact) mass is 277 g/mol. The van der Waals surface area contributed by atoms with E-state index in [9.17, 15) is 0 Å². The van der Waals surface area contributed by atoms with Crippen LogP contribution in [0.2, 0.25) is 0 Å². The molecule has 3 N–H and O–H groups in total. The number of nitrogen functional groups attached to an aromatic ring is 1. The fraction of sp³-hybridized carbons (Fsp3) is 0.733. The Labute approximate surface area is 122 Å². The summed E-state index contributed by atoms with van der Waals surface area (Å²) in [6.45, 7) is 5.16. The molecule has 5 heteroatoms. The standard InChI is InChI=1S/C15H27N5/c1-11(2)12-13(16)18-10-19-14(12)17-9-15(20(3)4)7-5-6-8-15/h10-11H,5-9H2,1-4H3,(H3,16,17,18,19). The van der Waals surface area contributed by atoms with Crippen LogP contribution in [0.3, 0.4) is 0 Å². The van der Waals surface area contributed by atoms with E-state index in [-0.39, 0.29) is 5.54 Å². The lowest BCUT2D eigenvalue weighted by atomic mass is 9.95. The molecule has 1 fully saturated rings. The van der Waals surface area contributed by atoms with Crippen LogP contribution in [-0.2, 0) is 0 Å². The molecule has 1 saturated carbocycles. The summed E-state index contributed by atoms with van der Waals surface area (Å²) in [6, 6.07) is 0. The van der Waals surface area contributed by atoms with Crippen molar-refractivity contribution >= 4 is 11.6 Å². The lowest BCUT2D eigenvalue weighted by Gasteiger charge is -2.37. The van der Waals surface area contributed by atoms with Gasteiger partial charge in [0.05, 0.1) is 0 Å². The molecule has 112 valence electrons. The second kappa shape index (κ2) is 5.95. The summed E-state index contributed by atoms with van der Waals surface area (Å²) in [7, 11) is 4.34. The number of aromatic nitrogens is 2. The number of hydrogen-bond acceptors (Lipinski definition) is 5. The highest BCUT2D eigenvalue weighted by Crippen LogP contribution is 2.34. The van der Waals surface area contributed by atoms with Gasteiger partial charge in [-0.25, -0.2) is 9.97 Å². The number of likely N-dealkylation sites (N-methyl/N-ethyl adjacent to an activating group) is 1. The average Bonchev–Trinajstić information content (AvgIpc) is 2.86. The molecule has 0 atom stereocenters. The van der Waals surface area contributed by atoms with Gasteiger partial charge in [0.2, 0.25) is 0 Å². The third-order valence-corrected chi connectivity index (χ3v) is 4.56. The number of hydrogen-bond donors (Lipinski definition) is 2. The molecule has 0 radical (unpaired) electrons. The maximum atomic E-state index is 6.00. The molecule has 20 heavy (non-hydrogen) atoms. The van der Waals surface area contributed by atoms with Gasteiger partial charge in [0, 0.05) is 17.6 Å². The van der Waals surface area contributed by atoms with Gasteiger partial charge in [0.15, 0.2) is 0 Å². The van der Waals surface area contributed by atoms with Crippen molar-refractivity contribution in [1.29, 1.82) is 0 Å². The third kappa shape index (κ3) is 2.87. The molecule has 1 aromatic rings. The van der Waals surface area contributed by atoms with Crippen molar-refractivity contribution in [3.05, 3.63) is 11.9 Å². The molecule has 5 nitrogen and oxygen atoms in total. The van der Waals surface area contributed by atoms with Crippen molar-refractivity contribution < 1.29 is 0 Å². The second-order valence-electron chi connectivity index (χ2n) is 6.36. The Bertz CT molecular complexity index is 450. The van der Waals surface area contributed by atoms with Crippen LogP contribution in [0.1, 0.15) is 51.0 Å². The van der Waals surface area contributed by atoms with Gasteiger partial charge in [-0.15, -0.1) is 0 Å². The smallest absolute Gasteiger partial charge is 0.135 e. The van der Waals surface area contributed by atoms with E-state index in [1.807, 2.05) is 0 Å². The number of rotatable bonds is 5. The quantitative estimate of drug-likeness (QED) is 0.865. The van der Waals surface area contributed by atoms with E-state index in [0.717, 1.165) is 17.9 Å². The summed E-state index contributed by atoms with van der Waals surface area (Å²) < 4.78 is 0. The molecule has 0 bridgehead atoms. The average molecular weight is 277 g/mol. The molecule has 1 aromatic heterocycles. The SMILES string of the molecule is CC(C)c1c(N)ncnc1NCC1(N(C)C)CCCC1. The van der Waals surface area contributed by atoms with Gasteiger partial charge in [-0.1, -0.05) is 26.7 Å². The molecular formula is C15H27N5. The van der Waals surface area contributed by atoms with Crippen LogP contribution in [0.4, 0.5) is 11.6 Å². The third-order valence-electron chi connectivity index (χ3n) is 4.56. The zero-order valence-corrected chi connectivity index (χ0v) is 13.1. The minimum atomic E-state index is 0.244. The fourth-order valence-corrected chi connectivity index (χ4v) is 3.18. The van der Waals surface area contributed by atoms with Crippen molar-refractivity contribution in [2.24, 2.45) is 0 Å². The van der Waals surface area contributed by atoms with Crippen LogP contribution in [0.25, 0.3) is 0 Å². The topological polar surface area (TPSA) is 67.1 Å². The summed E-state index contributed by atoms with van der Waals surface area (Å²) in [4.78, 5) is 10.9. The lowest BCUT2D eigenvalue weighted by Crippen LogP contribution is -2.47. The molecular weight excluding hydrogens is 250 g/mol. The summed E-state index contributed by atoms with van der Waals surface area (Å²) in [5, 5.41) is 3.53. The van der Waals surface area contributed by atoms with E-state index in [1.54, 1.807) is 6.33 Å². The Morgan fingerprint density at radius 3 is 2.50 bits per heavy atom. The van der Waals surface area contributed by atoms with Crippen LogP contribution in [0, 0.1) is 0 Å². The van der Waals surface area contributed by atoms with Crippen molar-refractivity contribution in [2.75, 3.05) is 31.7 Å². The van der Waals surface area contributed by atoms with Gasteiger partial charge in [-0.2, -0.15) is 0 Å². The number of anilines is 2. The van der Waals surface area contributed by atoms with E-state index >= 15 is 0 Å². The van der Waals surface area contributed by atoms with Crippen LogP contribution in [0.5, 0.6) is 0 Å². The van der Waals surface area contributed by atoms with E-state index in [0.29, 0.717) is 11.7 Å².